The number of hydrogen-bond donors (Lipinski definition) is 1. The second-order valence-electron chi connectivity index (χ2n) is 3.17. The molecule has 0 radical (unpaired) electrons. The molecule has 0 aliphatic heterocycles. The first kappa shape index (κ1) is 16.4. The van der Waals surface area contributed by atoms with Gasteiger partial charge in [0.05, 0.1) is 12.4 Å². The van der Waals surface area contributed by atoms with E-state index in [0.717, 1.165) is 6.20 Å². The number of alkyl halides is 3. The van der Waals surface area contributed by atoms with Gasteiger partial charge in [0.1, 0.15) is 12.0 Å². The summed E-state index contributed by atoms with van der Waals surface area (Å²) in [6, 6.07) is 0. The summed E-state index contributed by atoms with van der Waals surface area (Å²) >= 11 is 0. The van der Waals surface area contributed by atoms with Crippen LogP contribution < -0.4 is 5.73 Å². The minimum Gasteiger partial charge on any atom is -0.309 e. The minimum atomic E-state index is -4.60. The Hall–Kier alpha value is -1.57. The zero-order valence-electron chi connectivity index (χ0n) is 9.78. The van der Waals surface area contributed by atoms with Crippen molar-refractivity contribution >= 4 is 18.6 Å². The first-order chi connectivity index (χ1) is 8.31. The summed E-state index contributed by atoms with van der Waals surface area (Å²) in [6.45, 7) is 4.44. The van der Waals surface area contributed by atoms with Gasteiger partial charge in [-0.1, -0.05) is 0 Å². The first-order valence-electron chi connectivity index (χ1n) is 5.02. The zero-order chi connectivity index (χ0) is 14.2. The maximum atomic E-state index is 12.9. The van der Waals surface area contributed by atoms with E-state index in [1.54, 1.807) is 0 Å². The van der Waals surface area contributed by atoms with E-state index < -0.39 is 23.9 Å². The lowest BCUT2D eigenvalue weighted by Gasteiger charge is -2.07. The van der Waals surface area contributed by atoms with E-state index in [4.69, 9.17) is 5.73 Å². The van der Waals surface area contributed by atoms with Crippen molar-refractivity contribution in [1.29, 1.82) is 0 Å². The highest BCUT2D eigenvalue weighted by Crippen LogP contribution is 2.16. The van der Waals surface area contributed by atoms with Crippen LogP contribution in [0, 0.1) is 0 Å². The third-order valence-electron chi connectivity index (χ3n) is 1.64. The summed E-state index contributed by atoms with van der Waals surface area (Å²) in [5.74, 6) is -0.712. The third kappa shape index (κ3) is 6.89. The third-order valence-corrected chi connectivity index (χ3v) is 1.64. The van der Waals surface area contributed by atoms with Crippen LogP contribution in [0.1, 0.15) is 13.3 Å². The molecule has 0 spiro atoms. The largest absolute Gasteiger partial charge is 0.434 e. The van der Waals surface area contributed by atoms with Crippen molar-refractivity contribution in [2.45, 2.75) is 25.7 Å². The molecule has 0 saturated carbocycles. The van der Waals surface area contributed by atoms with Crippen molar-refractivity contribution in [2.75, 3.05) is 6.54 Å². The van der Waals surface area contributed by atoms with Gasteiger partial charge in [0.2, 0.25) is 0 Å². The molecule has 102 valence electrons. The van der Waals surface area contributed by atoms with E-state index in [1.807, 2.05) is 0 Å². The van der Waals surface area contributed by atoms with Crippen LogP contribution in [0.4, 0.5) is 17.6 Å². The van der Waals surface area contributed by atoms with Gasteiger partial charge >= 0.3 is 6.18 Å². The van der Waals surface area contributed by atoms with Crippen LogP contribution in [0.5, 0.6) is 0 Å². The normalized spacial score (nSPS) is 16.1. The van der Waals surface area contributed by atoms with Crippen LogP contribution in [0.25, 0.3) is 0 Å². The molecule has 0 aliphatic carbocycles. The maximum absolute atomic E-state index is 12.9. The fourth-order valence-electron chi connectivity index (χ4n) is 0.945. The Kier molecular flexibility index (Phi) is 7.03. The predicted molar refractivity (Wildman–Crippen MR) is 63.9 cm³/mol. The van der Waals surface area contributed by atoms with E-state index in [-0.39, 0.29) is 13.0 Å². The lowest BCUT2D eigenvalue weighted by atomic mass is 10.3. The van der Waals surface area contributed by atoms with Crippen molar-refractivity contribution in [2.24, 2.45) is 20.7 Å². The number of nitrogens with two attached hydrogens (primary N) is 1. The Labute approximate surface area is 102 Å². The van der Waals surface area contributed by atoms with E-state index in [2.05, 4.69) is 21.7 Å². The fourth-order valence-corrected chi connectivity index (χ4v) is 0.945. The summed E-state index contributed by atoms with van der Waals surface area (Å²) in [6.07, 6.45) is -4.76. The molecule has 4 nitrogen and oxygen atoms in total. The van der Waals surface area contributed by atoms with Crippen LogP contribution >= 0.6 is 0 Å². The molecule has 1 unspecified atom stereocenters. The molecule has 0 aromatic carbocycles. The van der Waals surface area contributed by atoms with Crippen molar-refractivity contribution in [3.63, 3.8) is 0 Å². The van der Waals surface area contributed by atoms with E-state index in [0.29, 0.717) is 6.21 Å². The molecule has 0 heterocycles. The number of halogens is 4. The monoisotopic (exact) mass is 266 g/mol. The summed E-state index contributed by atoms with van der Waals surface area (Å²) in [7, 11) is 0. The summed E-state index contributed by atoms with van der Waals surface area (Å²) in [5.41, 5.74) is 4.18. The lowest BCUT2D eigenvalue weighted by molar-refractivity contribution is -0.0566. The second-order valence-corrected chi connectivity index (χ2v) is 3.17. The Balaban J connectivity index is 4.65. The Morgan fingerprint density at radius 1 is 1.44 bits per heavy atom. The highest BCUT2D eigenvalue weighted by molar-refractivity contribution is 6.33. The van der Waals surface area contributed by atoms with E-state index in [1.165, 1.54) is 6.92 Å². The van der Waals surface area contributed by atoms with Crippen molar-refractivity contribution in [3.8, 4) is 0 Å². The van der Waals surface area contributed by atoms with Crippen molar-refractivity contribution in [3.05, 3.63) is 12.0 Å². The quantitative estimate of drug-likeness (QED) is 0.581. The highest BCUT2D eigenvalue weighted by atomic mass is 19.4. The molecule has 0 rings (SSSR count). The molecule has 0 amide bonds. The van der Waals surface area contributed by atoms with Crippen LogP contribution in [0.15, 0.2) is 27.0 Å². The molecular weight excluding hydrogens is 252 g/mol. The second kappa shape index (κ2) is 7.70. The number of rotatable bonds is 6. The molecule has 1 atom stereocenters. The van der Waals surface area contributed by atoms with Crippen molar-refractivity contribution in [1.82, 2.24) is 0 Å². The van der Waals surface area contributed by atoms with Gasteiger partial charge in [-0.15, -0.1) is 0 Å². The van der Waals surface area contributed by atoms with Gasteiger partial charge in [0.25, 0.3) is 0 Å². The van der Waals surface area contributed by atoms with Gasteiger partial charge in [-0.3, -0.25) is 15.0 Å². The Bertz CT molecular complexity index is 357. The lowest BCUT2D eigenvalue weighted by Crippen LogP contribution is -2.27. The molecule has 18 heavy (non-hydrogen) atoms. The highest BCUT2D eigenvalue weighted by Gasteiger charge is 2.34. The number of aliphatic imine (C=N–C) groups is 3. The summed E-state index contributed by atoms with van der Waals surface area (Å²) in [4.78, 5) is 9.78. The van der Waals surface area contributed by atoms with Gasteiger partial charge in [0.15, 0.2) is 5.71 Å². The van der Waals surface area contributed by atoms with E-state index in [9.17, 15) is 17.6 Å². The van der Waals surface area contributed by atoms with Gasteiger partial charge in [-0.2, -0.15) is 13.2 Å². The average molecular weight is 266 g/mol. The molecule has 0 aromatic rings. The fraction of sp³-hybridized carbons (Fsp3) is 0.500. The summed E-state index contributed by atoms with van der Waals surface area (Å²) in [5, 5.41) is 0. The minimum absolute atomic E-state index is 0.0370. The zero-order valence-corrected chi connectivity index (χ0v) is 9.78. The van der Waals surface area contributed by atoms with Crippen molar-refractivity contribution < 1.29 is 17.6 Å². The topological polar surface area (TPSA) is 63.1 Å². The van der Waals surface area contributed by atoms with Crippen LogP contribution in [-0.2, 0) is 0 Å². The maximum Gasteiger partial charge on any atom is 0.434 e. The Morgan fingerprint density at radius 2 is 2.06 bits per heavy atom. The van der Waals surface area contributed by atoms with Crippen LogP contribution in [-0.4, -0.2) is 37.5 Å². The molecule has 0 bridgehead atoms. The molecule has 0 saturated heterocycles. The van der Waals surface area contributed by atoms with Gasteiger partial charge in [0, 0.05) is 13.0 Å². The average Bonchev–Trinajstić information content (AvgIpc) is 2.22. The Morgan fingerprint density at radius 3 is 2.50 bits per heavy atom. The molecule has 0 aliphatic rings. The number of hydrogen-bond acceptors (Lipinski definition) is 4. The van der Waals surface area contributed by atoms with E-state index >= 15 is 0 Å². The van der Waals surface area contributed by atoms with Crippen LogP contribution in [0.2, 0.25) is 0 Å². The van der Waals surface area contributed by atoms with Gasteiger partial charge in [-0.05, 0) is 13.6 Å². The predicted octanol–water partition coefficient (Wildman–Crippen LogP) is 2.27. The standard InChI is InChI=1S/C10H14F4N4/c1-3-17-8(10(12,13)14)6-18-9(15)4-7(11)5-16-2/h5-6,9H,2-4,15H2,1H3/b7-5+,17-8?,18-6?. The number of nitrogens with zero attached hydrogens (tertiary/aromatic N) is 3. The SMILES string of the molecule is C=N/C=C(/F)CC(N)N=CC(=NCC)C(F)(F)F. The molecule has 0 aromatic heterocycles. The molecule has 8 heteroatoms. The van der Waals surface area contributed by atoms with Gasteiger partial charge in [-0.25, -0.2) is 4.39 Å². The first-order valence-corrected chi connectivity index (χ1v) is 5.02. The summed E-state index contributed by atoms with van der Waals surface area (Å²) < 4.78 is 50.0. The van der Waals surface area contributed by atoms with Crippen LogP contribution in [0.3, 0.4) is 0 Å². The molecule has 0 fully saturated rings. The van der Waals surface area contributed by atoms with Gasteiger partial charge < -0.3 is 5.73 Å². The smallest absolute Gasteiger partial charge is 0.309 e. The molecule has 2 N–H and O–H groups in total. The molecular formula is C10H14F4N4.